The molecule has 0 saturated heterocycles. The molecule has 0 aliphatic rings. The Hall–Kier alpha value is -0.940. The molecule has 0 aromatic carbocycles. The van der Waals surface area contributed by atoms with Crippen LogP contribution in [-0.2, 0) is 4.79 Å². The van der Waals surface area contributed by atoms with E-state index in [0.717, 1.165) is 5.69 Å². The zero-order valence-electron chi connectivity index (χ0n) is 9.50. The molecule has 1 heterocycles. The van der Waals surface area contributed by atoms with Gasteiger partial charge in [-0.05, 0) is 12.3 Å². The van der Waals surface area contributed by atoms with Gasteiger partial charge in [0.2, 0.25) is 5.91 Å². The van der Waals surface area contributed by atoms with E-state index in [9.17, 15) is 4.79 Å². The Labute approximate surface area is 93.9 Å². The Bertz CT molecular complexity index is 354. The lowest BCUT2D eigenvalue weighted by atomic mass is 9.87. The Balaban J connectivity index is 2.64. The van der Waals surface area contributed by atoms with Crippen LogP contribution in [0.2, 0.25) is 0 Å². The standard InChI is InChI=1S/C10H17N3OS/c1-6-5-15-9(12-6)13-8(14)7(11)10(2,3)4/h5,7H,11H2,1-4H3,(H,12,13,14). The molecule has 1 aromatic heterocycles. The highest BCUT2D eigenvalue weighted by Gasteiger charge is 2.27. The largest absolute Gasteiger partial charge is 0.319 e. The molecule has 0 spiro atoms. The summed E-state index contributed by atoms with van der Waals surface area (Å²) < 4.78 is 0. The first-order valence-corrected chi connectivity index (χ1v) is 5.67. The van der Waals surface area contributed by atoms with Gasteiger partial charge in [0, 0.05) is 5.38 Å². The number of rotatable bonds is 2. The molecule has 0 aliphatic carbocycles. The smallest absolute Gasteiger partial charge is 0.243 e. The molecule has 1 aromatic rings. The van der Waals surface area contributed by atoms with Crippen LogP contribution in [0.3, 0.4) is 0 Å². The minimum absolute atomic E-state index is 0.183. The fourth-order valence-electron chi connectivity index (χ4n) is 0.988. The van der Waals surface area contributed by atoms with Crippen LogP contribution in [0.5, 0.6) is 0 Å². The van der Waals surface area contributed by atoms with Crippen molar-refractivity contribution < 1.29 is 4.79 Å². The normalized spacial score (nSPS) is 13.7. The maximum absolute atomic E-state index is 11.7. The molecule has 0 aliphatic heterocycles. The van der Waals surface area contributed by atoms with Crippen LogP contribution in [0.4, 0.5) is 5.13 Å². The molecule has 0 radical (unpaired) electrons. The van der Waals surface area contributed by atoms with E-state index in [1.165, 1.54) is 11.3 Å². The highest BCUT2D eigenvalue weighted by molar-refractivity contribution is 7.13. The lowest BCUT2D eigenvalue weighted by Gasteiger charge is -2.25. The van der Waals surface area contributed by atoms with Crippen molar-refractivity contribution in [2.45, 2.75) is 33.7 Å². The van der Waals surface area contributed by atoms with Gasteiger partial charge in [0.05, 0.1) is 11.7 Å². The van der Waals surface area contributed by atoms with E-state index in [2.05, 4.69) is 10.3 Å². The van der Waals surface area contributed by atoms with Crippen LogP contribution < -0.4 is 11.1 Å². The van der Waals surface area contributed by atoms with Crippen molar-refractivity contribution in [3.63, 3.8) is 0 Å². The minimum atomic E-state index is -0.526. The predicted octanol–water partition coefficient (Wildman–Crippen LogP) is 1.76. The number of aryl methyl sites for hydroxylation is 1. The summed E-state index contributed by atoms with van der Waals surface area (Å²) in [6, 6.07) is -0.526. The number of hydrogen-bond donors (Lipinski definition) is 2. The third-order valence-electron chi connectivity index (χ3n) is 2.06. The summed E-state index contributed by atoms with van der Waals surface area (Å²) in [6.07, 6.45) is 0. The molecule has 0 bridgehead atoms. The van der Waals surface area contributed by atoms with Gasteiger partial charge in [-0.1, -0.05) is 20.8 Å². The van der Waals surface area contributed by atoms with Gasteiger partial charge in [0.25, 0.3) is 0 Å². The molecule has 1 atom stereocenters. The van der Waals surface area contributed by atoms with E-state index in [1.807, 2.05) is 33.1 Å². The van der Waals surface area contributed by atoms with Gasteiger partial charge in [0.15, 0.2) is 5.13 Å². The summed E-state index contributed by atoms with van der Waals surface area (Å²) in [5, 5.41) is 5.21. The van der Waals surface area contributed by atoms with E-state index in [4.69, 9.17) is 5.73 Å². The third kappa shape index (κ3) is 3.28. The fraction of sp³-hybridized carbons (Fsp3) is 0.600. The quantitative estimate of drug-likeness (QED) is 0.809. The molecule has 0 saturated carbocycles. The number of nitrogens with one attached hydrogen (secondary N) is 1. The molecular formula is C10H17N3OS. The number of aromatic nitrogens is 1. The zero-order chi connectivity index (χ0) is 11.6. The maximum atomic E-state index is 11.7. The Morgan fingerprint density at radius 3 is 2.60 bits per heavy atom. The van der Waals surface area contributed by atoms with Crippen molar-refractivity contribution in [2.75, 3.05) is 5.32 Å². The van der Waals surface area contributed by atoms with Crippen molar-refractivity contribution >= 4 is 22.4 Å². The van der Waals surface area contributed by atoms with Crippen LogP contribution in [0.25, 0.3) is 0 Å². The van der Waals surface area contributed by atoms with Crippen LogP contribution in [0.1, 0.15) is 26.5 Å². The lowest BCUT2D eigenvalue weighted by Crippen LogP contribution is -2.45. The number of anilines is 1. The molecule has 84 valence electrons. The molecule has 5 heteroatoms. The van der Waals surface area contributed by atoms with E-state index in [0.29, 0.717) is 5.13 Å². The average molecular weight is 227 g/mol. The number of nitrogens with zero attached hydrogens (tertiary/aromatic N) is 1. The summed E-state index contributed by atoms with van der Waals surface area (Å²) >= 11 is 1.41. The predicted molar refractivity (Wildman–Crippen MR) is 62.9 cm³/mol. The summed E-state index contributed by atoms with van der Waals surface area (Å²) in [4.78, 5) is 15.8. The first-order valence-electron chi connectivity index (χ1n) is 4.79. The molecule has 1 unspecified atom stereocenters. The topological polar surface area (TPSA) is 68.0 Å². The van der Waals surface area contributed by atoms with E-state index < -0.39 is 6.04 Å². The molecule has 4 nitrogen and oxygen atoms in total. The number of thiazole rings is 1. The number of carbonyl (C=O) groups is 1. The van der Waals surface area contributed by atoms with E-state index in [1.54, 1.807) is 0 Å². The highest BCUT2D eigenvalue weighted by Crippen LogP contribution is 2.20. The fourth-order valence-corrected chi connectivity index (χ4v) is 1.68. The lowest BCUT2D eigenvalue weighted by molar-refractivity contribution is -0.119. The molecule has 0 fully saturated rings. The molecular weight excluding hydrogens is 210 g/mol. The average Bonchev–Trinajstić information content (AvgIpc) is 2.48. The minimum Gasteiger partial charge on any atom is -0.319 e. The second kappa shape index (κ2) is 4.28. The Kier molecular flexibility index (Phi) is 3.46. The second-order valence-electron chi connectivity index (χ2n) is 4.63. The van der Waals surface area contributed by atoms with Gasteiger partial charge in [-0.15, -0.1) is 11.3 Å². The summed E-state index contributed by atoms with van der Waals surface area (Å²) in [7, 11) is 0. The van der Waals surface area contributed by atoms with Gasteiger partial charge in [-0.3, -0.25) is 4.79 Å². The van der Waals surface area contributed by atoms with Gasteiger partial charge < -0.3 is 11.1 Å². The van der Waals surface area contributed by atoms with Crippen molar-refractivity contribution in [2.24, 2.45) is 11.1 Å². The van der Waals surface area contributed by atoms with Gasteiger partial charge in [0.1, 0.15) is 0 Å². The number of hydrogen-bond acceptors (Lipinski definition) is 4. The van der Waals surface area contributed by atoms with E-state index >= 15 is 0 Å². The van der Waals surface area contributed by atoms with Crippen LogP contribution >= 0.6 is 11.3 Å². The van der Waals surface area contributed by atoms with Gasteiger partial charge in [-0.25, -0.2) is 4.98 Å². The summed E-state index contributed by atoms with van der Waals surface area (Å²) in [6.45, 7) is 7.69. The van der Waals surface area contributed by atoms with Gasteiger partial charge in [-0.2, -0.15) is 0 Å². The first kappa shape index (κ1) is 12.1. The molecule has 1 rings (SSSR count). The van der Waals surface area contributed by atoms with Crippen molar-refractivity contribution in [3.05, 3.63) is 11.1 Å². The number of nitrogens with two attached hydrogens (primary N) is 1. The zero-order valence-corrected chi connectivity index (χ0v) is 10.3. The van der Waals surface area contributed by atoms with Crippen molar-refractivity contribution in [1.82, 2.24) is 4.98 Å². The molecule has 3 N–H and O–H groups in total. The van der Waals surface area contributed by atoms with Gasteiger partial charge >= 0.3 is 0 Å². The summed E-state index contributed by atoms with van der Waals surface area (Å²) in [5.41, 5.74) is 6.48. The SMILES string of the molecule is Cc1csc(NC(=O)C(N)C(C)(C)C)n1. The first-order chi connectivity index (χ1) is 6.80. The highest BCUT2D eigenvalue weighted by atomic mass is 32.1. The molecule has 1 amide bonds. The maximum Gasteiger partial charge on any atom is 0.243 e. The molecule has 15 heavy (non-hydrogen) atoms. The summed E-state index contributed by atoms with van der Waals surface area (Å²) in [5.74, 6) is -0.183. The number of carbonyl (C=O) groups excluding carboxylic acids is 1. The second-order valence-corrected chi connectivity index (χ2v) is 5.49. The number of amides is 1. The Morgan fingerprint density at radius 2 is 2.20 bits per heavy atom. The van der Waals surface area contributed by atoms with Crippen LogP contribution in [0, 0.1) is 12.3 Å². The Morgan fingerprint density at radius 1 is 1.60 bits per heavy atom. The van der Waals surface area contributed by atoms with Crippen LogP contribution in [-0.4, -0.2) is 16.9 Å². The third-order valence-corrected chi connectivity index (χ3v) is 2.94. The van der Waals surface area contributed by atoms with Crippen molar-refractivity contribution in [1.29, 1.82) is 0 Å². The van der Waals surface area contributed by atoms with Crippen molar-refractivity contribution in [3.8, 4) is 0 Å². The monoisotopic (exact) mass is 227 g/mol. The van der Waals surface area contributed by atoms with E-state index in [-0.39, 0.29) is 11.3 Å². The van der Waals surface area contributed by atoms with Crippen LogP contribution in [0.15, 0.2) is 5.38 Å².